The second kappa shape index (κ2) is 5.31. The zero-order valence-corrected chi connectivity index (χ0v) is 12.8. The van der Waals surface area contributed by atoms with Gasteiger partial charge in [0, 0.05) is 43.2 Å². The van der Waals surface area contributed by atoms with Gasteiger partial charge in [-0.25, -0.2) is 9.37 Å². The highest BCUT2D eigenvalue weighted by molar-refractivity contribution is 5.83. The van der Waals surface area contributed by atoms with Gasteiger partial charge in [0.1, 0.15) is 11.6 Å². The van der Waals surface area contributed by atoms with E-state index in [9.17, 15) is 9.18 Å². The van der Waals surface area contributed by atoms with Gasteiger partial charge in [0.05, 0.1) is 11.3 Å². The van der Waals surface area contributed by atoms with Gasteiger partial charge in [0.25, 0.3) is 5.56 Å². The molecule has 118 valence electrons. The Morgan fingerprint density at radius 2 is 2.26 bits per heavy atom. The summed E-state index contributed by atoms with van der Waals surface area (Å²) in [6.45, 7) is 3.97. The highest BCUT2D eigenvalue weighted by Gasteiger charge is 2.21. The summed E-state index contributed by atoms with van der Waals surface area (Å²) in [5.41, 5.74) is 3.53. The van der Waals surface area contributed by atoms with Gasteiger partial charge in [-0.15, -0.1) is 0 Å². The number of nitrogens with one attached hydrogen (secondary N) is 2. The monoisotopic (exact) mass is 312 g/mol. The maximum atomic E-state index is 13.3. The summed E-state index contributed by atoms with van der Waals surface area (Å²) in [6, 6.07) is 4.77. The van der Waals surface area contributed by atoms with Crippen molar-refractivity contribution < 1.29 is 4.39 Å². The summed E-state index contributed by atoms with van der Waals surface area (Å²) < 4.78 is 13.3. The number of rotatable bonds is 2. The highest BCUT2D eigenvalue weighted by atomic mass is 19.1. The lowest BCUT2D eigenvalue weighted by Gasteiger charge is -2.27. The van der Waals surface area contributed by atoms with Gasteiger partial charge in [0.2, 0.25) is 0 Å². The molecule has 2 aromatic heterocycles. The zero-order valence-electron chi connectivity index (χ0n) is 12.8. The number of hydrogen-bond donors (Lipinski definition) is 2. The van der Waals surface area contributed by atoms with E-state index in [1.807, 2.05) is 6.20 Å². The van der Waals surface area contributed by atoms with Crippen molar-refractivity contribution in [1.29, 1.82) is 0 Å². The van der Waals surface area contributed by atoms with E-state index in [1.165, 1.54) is 12.1 Å². The van der Waals surface area contributed by atoms with Crippen LogP contribution in [-0.4, -0.2) is 26.4 Å². The molecule has 1 aliphatic heterocycles. The summed E-state index contributed by atoms with van der Waals surface area (Å²) >= 11 is 0. The fraction of sp³-hybridized carbons (Fsp3) is 0.294. The second-order valence-corrected chi connectivity index (χ2v) is 6.04. The number of aryl methyl sites for hydroxylation is 1. The van der Waals surface area contributed by atoms with Gasteiger partial charge in [-0.2, -0.15) is 0 Å². The molecule has 0 spiro atoms. The molecule has 0 amide bonds. The van der Waals surface area contributed by atoms with Crippen molar-refractivity contribution in [1.82, 2.24) is 19.9 Å². The number of nitrogens with zero attached hydrogens (tertiary/aromatic N) is 2. The smallest absolute Gasteiger partial charge is 0.255 e. The molecule has 3 aromatic rings. The molecule has 23 heavy (non-hydrogen) atoms. The topological polar surface area (TPSA) is 64.8 Å². The number of fused-ring (bicyclic) bond motifs is 2. The number of H-pyrrole nitrogens is 2. The number of aromatic amines is 2. The van der Waals surface area contributed by atoms with Crippen molar-refractivity contribution >= 4 is 10.9 Å². The van der Waals surface area contributed by atoms with Crippen LogP contribution in [0.5, 0.6) is 0 Å². The molecular weight excluding hydrogens is 295 g/mol. The van der Waals surface area contributed by atoms with Gasteiger partial charge in [-0.05, 0) is 30.7 Å². The van der Waals surface area contributed by atoms with E-state index in [2.05, 4.69) is 19.9 Å². The Labute approximate surface area is 132 Å². The van der Waals surface area contributed by atoms with E-state index in [4.69, 9.17) is 0 Å². The fourth-order valence-corrected chi connectivity index (χ4v) is 3.27. The van der Waals surface area contributed by atoms with Gasteiger partial charge in [-0.3, -0.25) is 9.69 Å². The van der Waals surface area contributed by atoms with E-state index < -0.39 is 0 Å². The molecule has 1 aliphatic rings. The van der Waals surface area contributed by atoms with E-state index in [0.717, 1.165) is 47.2 Å². The molecule has 6 heteroatoms. The Morgan fingerprint density at radius 3 is 3.13 bits per heavy atom. The van der Waals surface area contributed by atoms with Crippen molar-refractivity contribution in [3.63, 3.8) is 0 Å². The average Bonchev–Trinajstić information content (AvgIpc) is 2.90. The second-order valence-electron chi connectivity index (χ2n) is 6.04. The zero-order chi connectivity index (χ0) is 16.0. The van der Waals surface area contributed by atoms with Crippen LogP contribution in [0.4, 0.5) is 4.39 Å². The maximum absolute atomic E-state index is 13.3. The third kappa shape index (κ3) is 2.55. The van der Waals surface area contributed by atoms with Crippen molar-refractivity contribution in [2.24, 2.45) is 0 Å². The lowest BCUT2D eigenvalue weighted by Crippen LogP contribution is -2.35. The van der Waals surface area contributed by atoms with Crippen LogP contribution in [-0.2, 0) is 19.5 Å². The third-order valence-electron chi connectivity index (χ3n) is 4.39. The minimum absolute atomic E-state index is 0.0433. The van der Waals surface area contributed by atoms with Crippen molar-refractivity contribution in [2.45, 2.75) is 26.4 Å². The summed E-state index contributed by atoms with van der Waals surface area (Å²) in [5, 5.41) is 1.02. The Kier molecular flexibility index (Phi) is 3.27. The molecule has 2 N–H and O–H groups in total. The lowest BCUT2D eigenvalue weighted by atomic mass is 10.1. The summed E-state index contributed by atoms with van der Waals surface area (Å²) in [4.78, 5) is 24.7. The van der Waals surface area contributed by atoms with Crippen LogP contribution >= 0.6 is 0 Å². The number of aromatic nitrogens is 3. The van der Waals surface area contributed by atoms with E-state index in [1.54, 1.807) is 13.0 Å². The SMILES string of the molecule is Cc1nc2c(c(=O)[nH]1)CN(Cc1c[nH]c3cc(F)ccc13)CC2. The molecule has 0 unspecified atom stereocenters. The van der Waals surface area contributed by atoms with Crippen LogP contribution in [0.2, 0.25) is 0 Å². The Hall–Kier alpha value is -2.47. The fourth-order valence-electron chi connectivity index (χ4n) is 3.27. The molecule has 0 aliphatic carbocycles. The van der Waals surface area contributed by atoms with Gasteiger partial charge in [0.15, 0.2) is 0 Å². The van der Waals surface area contributed by atoms with Crippen LogP contribution in [0.3, 0.4) is 0 Å². The normalized spacial score (nSPS) is 15.0. The molecule has 0 atom stereocenters. The lowest BCUT2D eigenvalue weighted by molar-refractivity contribution is 0.242. The molecule has 0 bridgehead atoms. The number of halogens is 1. The van der Waals surface area contributed by atoms with Crippen LogP contribution in [0.25, 0.3) is 10.9 Å². The van der Waals surface area contributed by atoms with E-state index in [-0.39, 0.29) is 11.4 Å². The molecule has 0 radical (unpaired) electrons. The van der Waals surface area contributed by atoms with Crippen LogP contribution in [0.1, 0.15) is 22.6 Å². The maximum Gasteiger partial charge on any atom is 0.255 e. The molecule has 4 rings (SSSR count). The molecule has 0 fully saturated rings. The first kappa shape index (κ1) is 14.1. The van der Waals surface area contributed by atoms with Crippen molar-refractivity contribution in [2.75, 3.05) is 6.54 Å². The van der Waals surface area contributed by atoms with Gasteiger partial charge >= 0.3 is 0 Å². The number of hydrogen-bond acceptors (Lipinski definition) is 3. The standard InChI is InChI=1S/C17H17FN4O/c1-10-20-15-4-5-22(9-14(15)17(23)21-10)8-11-7-19-16-6-12(18)2-3-13(11)16/h2-3,6-7,19H,4-5,8-9H2,1H3,(H,20,21,23). The first-order valence-electron chi connectivity index (χ1n) is 7.67. The molecule has 1 aromatic carbocycles. The Bertz CT molecular complexity index is 943. The van der Waals surface area contributed by atoms with Crippen molar-refractivity contribution in [3.05, 3.63) is 63.2 Å². The molecule has 0 saturated carbocycles. The molecule has 5 nitrogen and oxygen atoms in total. The largest absolute Gasteiger partial charge is 0.361 e. The Balaban J connectivity index is 1.61. The average molecular weight is 312 g/mol. The molecular formula is C17H17FN4O. The predicted octanol–water partition coefficient (Wildman–Crippen LogP) is 2.26. The van der Waals surface area contributed by atoms with E-state index >= 15 is 0 Å². The predicted molar refractivity (Wildman–Crippen MR) is 85.7 cm³/mol. The van der Waals surface area contributed by atoms with Gasteiger partial charge < -0.3 is 9.97 Å². The van der Waals surface area contributed by atoms with Crippen LogP contribution in [0, 0.1) is 12.7 Å². The number of benzene rings is 1. The molecule has 0 saturated heterocycles. The minimum Gasteiger partial charge on any atom is -0.361 e. The van der Waals surface area contributed by atoms with Crippen LogP contribution in [0.15, 0.2) is 29.2 Å². The summed E-state index contributed by atoms with van der Waals surface area (Å²) in [6.07, 6.45) is 2.69. The van der Waals surface area contributed by atoms with Crippen molar-refractivity contribution in [3.8, 4) is 0 Å². The van der Waals surface area contributed by atoms with Gasteiger partial charge in [-0.1, -0.05) is 0 Å². The minimum atomic E-state index is -0.245. The third-order valence-corrected chi connectivity index (χ3v) is 4.39. The quantitative estimate of drug-likeness (QED) is 0.763. The highest BCUT2D eigenvalue weighted by Crippen LogP contribution is 2.23. The first-order valence-corrected chi connectivity index (χ1v) is 7.67. The molecule has 3 heterocycles. The van der Waals surface area contributed by atoms with Crippen LogP contribution < -0.4 is 5.56 Å². The Morgan fingerprint density at radius 1 is 1.39 bits per heavy atom. The summed E-state index contributed by atoms with van der Waals surface area (Å²) in [5.74, 6) is 0.423. The summed E-state index contributed by atoms with van der Waals surface area (Å²) in [7, 11) is 0. The first-order chi connectivity index (χ1) is 11.1. The van der Waals surface area contributed by atoms with E-state index in [0.29, 0.717) is 12.4 Å².